The van der Waals surface area contributed by atoms with E-state index in [4.69, 9.17) is 32.7 Å². The Morgan fingerprint density at radius 2 is 1.77 bits per heavy atom. The van der Waals surface area contributed by atoms with Crippen LogP contribution in [0.5, 0.6) is 11.5 Å². The number of anilines is 1. The molecule has 0 unspecified atom stereocenters. The molecule has 1 saturated heterocycles. The highest BCUT2D eigenvalue weighted by Gasteiger charge is 2.29. The zero-order valence-electron chi connectivity index (χ0n) is 24.8. The Bertz CT molecular complexity index is 1670. The third kappa shape index (κ3) is 6.40. The average Bonchev–Trinajstić information content (AvgIpc) is 3.40. The van der Waals surface area contributed by atoms with Gasteiger partial charge in [0, 0.05) is 49.5 Å². The van der Waals surface area contributed by atoms with Gasteiger partial charge in [-0.15, -0.1) is 0 Å². The number of aromatic nitrogens is 2. The maximum Gasteiger partial charge on any atom is 0.341 e. The van der Waals surface area contributed by atoms with Gasteiger partial charge in [0.2, 0.25) is 0 Å². The highest BCUT2D eigenvalue weighted by atomic mass is 35.5. The van der Waals surface area contributed by atoms with Crippen LogP contribution in [0.15, 0.2) is 66.2 Å². The maximum atomic E-state index is 12.6. The van der Waals surface area contributed by atoms with Gasteiger partial charge in [-0.05, 0) is 72.2 Å². The third-order valence-electron chi connectivity index (χ3n) is 8.62. The molecule has 0 radical (unpaired) electrons. The molecule has 43 heavy (non-hydrogen) atoms. The monoisotopic (exact) mass is 618 g/mol. The third-order valence-corrected chi connectivity index (χ3v) is 9.14. The van der Waals surface area contributed by atoms with Crippen LogP contribution in [-0.2, 0) is 4.74 Å². The number of benzene rings is 3. The summed E-state index contributed by atoms with van der Waals surface area (Å²) in [6, 6.07) is 19.5. The van der Waals surface area contributed by atoms with Crippen molar-refractivity contribution in [1.82, 2.24) is 15.1 Å². The molecule has 224 valence electrons. The molecule has 7 nitrogen and oxygen atoms in total. The molecule has 0 amide bonds. The lowest BCUT2D eigenvalue weighted by atomic mass is 9.72. The fourth-order valence-corrected chi connectivity index (χ4v) is 6.53. The lowest BCUT2D eigenvalue weighted by molar-refractivity contribution is 0.0598. The molecule has 1 aliphatic heterocycles. The summed E-state index contributed by atoms with van der Waals surface area (Å²) in [6.07, 6.45) is 3.40. The molecule has 1 aromatic heterocycles. The minimum atomic E-state index is -0.461. The number of methoxy groups -OCH3 is 1. The van der Waals surface area contributed by atoms with Crippen LogP contribution in [0.1, 0.15) is 49.0 Å². The van der Waals surface area contributed by atoms with E-state index in [-0.39, 0.29) is 0 Å². The van der Waals surface area contributed by atoms with E-state index in [0.29, 0.717) is 38.5 Å². The molecular weight excluding hydrogens is 583 g/mol. The molecule has 0 saturated carbocycles. The Kier molecular flexibility index (Phi) is 8.40. The number of esters is 1. The lowest BCUT2D eigenvalue weighted by Crippen LogP contribution is -2.47. The van der Waals surface area contributed by atoms with Gasteiger partial charge < -0.3 is 14.4 Å². The number of hydrogen-bond donors (Lipinski definition) is 1. The number of H-pyrrole nitrogens is 1. The van der Waals surface area contributed by atoms with Crippen LogP contribution in [0.2, 0.25) is 10.2 Å². The molecule has 1 N–H and O–H groups in total. The Labute approximate surface area is 262 Å². The van der Waals surface area contributed by atoms with Crippen molar-refractivity contribution in [3.8, 4) is 11.5 Å². The van der Waals surface area contributed by atoms with Crippen molar-refractivity contribution in [3.05, 3.63) is 87.5 Å². The number of allylic oxidation sites excluding steroid dienone is 1. The second kappa shape index (κ2) is 12.2. The molecule has 0 spiro atoms. The predicted molar refractivity (Wildman–Crippen MR) is 174 cm³/mol. The van der Waals surface area contributed by atoms with E-state index < -0.39 is 5.97 Å². The van der Waals surface area contributed by atoms with Gasteiger partial charge in [0.15, 0.2) is 0 Å². The molecule has 1 aliphatic carbocycles. The fourth-order valence-electron chi connectivity index (χ4n) is 6.17. The van der Waals surface area contributed by atoms with Crippen molar-refractivity contribution in [1.29, 1.82) is 0 Å². The van der Waals surface area contributed by atoms with Gasteiger partial charge in [-0.3, -0.25) is 10.00 Å². The second-order valence-corrected chi connectivity index (χ2v) is 13.0. The first-order chi connectivity index (χ1) is 20.7. The number of nitrogens with one attached hydrogen (secondary N) is 1. The number of carbonyl (C=O) groups is 1. The Morgan fingerprint density at radius 1 is 1.00 bits per heavy atom. The van der Waals surface area contributed by atoms with Crippen LogP contribution in [0.4, 0.5) is 5.69 Å². The van der Waals surface area contributed by atoms with Crippen molar-refractivity contribution in [3.63, 3.8) is 0 Å². The molecule has 0 bridgehead atoms. The van der Waals surface area contributed by atoms with E-state index in [1.807, 2.05) is 42.5 Å². The minimum absolute atomic E-state index is 0.293. The van der Waals surface area contributed by atoms with Gasteiger partial charge >= 0.3 is 5.97 Å². The highest BCUT2D eigenvalue weighted by molar-refractivity contribution is 6.34. The second-order valence-electron chi connectivity index (χ2n) is 12.2. The summed E-state index contributed by atoms with van der Waals surface area (Å²) in [5, 5.41) is 8.82. The molecule has 6 rings (SSSR count). The van der Waals surface area contributed by atoms with Crippen molar-refractivity contribution in [2.24, 2.45) is 5.41 Å². The van der Waals surface area contributed by atoms with Gasteiger partial charge in [0.25, 0.3) is 0 Å². The molecule has 9 heteroatoms. The normalized spacial score (nSPS) is 17.4. The SMILES string of the molecule is COC(=O)c1ccc(N2CCN(CC3=C(c4ccc(Cl)cc4)CC(C)(C)CC3)CC2)cc1Oc1cccc2n[nH]c(Cl)c12. The molecular formula is C34H36Cl2N4O3. The average molecular weight is 620 g/mol. The van der Waals surface area contributed by atoms with Crippen LogP contribution in [0.3, 0.4) is 0 Å². The number of hydrogen-bond acceptors (Lipinski definition) is 6. The van der Waals surface area contributed by atoms with Crippen molar-refractivity contribution >= 4 is 51.3 Å². The summed E-state index contributed by atoms with van der Waals surface area (Å²) < 4.78 is 11.4. The number of carbonyl (C=O) groups excluding carboxylic acids is 1. The molecule has 1 fully saturated rings. The largest absolute Gasteiger partial charge is 0.465 e. The van der Waals surface area contributed by atoms with Gasteiger partial charge in [-0.1, -0.05) is 60.8 Å². The first kappa shape index (κ1) is 29.5. The quantitative estimate of drug-likeness (QED) is 0.210. The Hall–Kier alpha value is -3.52. The van der Waals surface area contributed by atoms with Crippen LogP contribution in [0, 0.1) is 5.41 Å². The van der Waals surface area contributed by atoms with Crippen molar-refractivity contribution < 1.29 is 14.3 Å². The lowest BCUT2D eigenvalue weighted by Gasteiger charge is -2.39. The number of nitrogens with zero attached hydrogens (tertiary/aromatic N) is 3. The van der Waals surface area contributed by atoms with Gasteiger partial charge in [-0.2, -0.15) is 5.10 Å². The summed E-state index contributed by atoms with van der Waals surface area (Å²) in [5.41, 5.74) is 6.63. The van der Waals surface area contributed by atoms with Gasteiger partial charge in [0.05, 0.1) is 18.0 Å². The van der Waals surface area contributed by atoms with E-state index >= 15 is 0 Å². The topological polar surface area (TPSA) is 70.7 Å². The van der Waals surface area contributed by atoms with Crippen LogP contribution >= 0.6 is 23.2 Å². The molecule has 3 aromatic carbocycles. The van der Waals surface area contributed by atoms with Crippen molar-refractivity contribution in [2.45, 2.75) is 33.1 Å². The molecule has 2 heterocycles. The smallest absolute Gasteiger partial charge is 0.341 e. The minimum Gasteiger partial charge on any atom is -0.465 e. The molecule has 0 atom stereocenters. The zero-order chi connectivity index (χ0) is 30.1. The van der Waals surface area contributed by atoms with Gasteiger partial charge in [0.1, 0.15) is 22.2 Å². The summed E-state index contributed by atoms with van der Waals surface area (Å²) in [6.45, 7) is 9.34. The Morgan fingerprint density at radius 3 is 2.51 bits per heavy atom. The highest BCUT2D eigenvalue weighted by Crippen LogP contribution is 2.43. The summed E-state index contributed by atoms with van der Waals surface area (Å²) >= 11 is 12.6. The Balaban J connectivity index is 1.20. The maximum absolute atomic E-state index is 12.6. The zero-order valence-corrected chi connectivity index (χ0v) is 26.3. The first-order valence-electron chi connectivity index (χ1n) is 14.7. The van der Waals surface area contributed by atoms with Crippen LogP contribution in [-0.4, -0.2) is 60.9 Å². The fraction of sp³-hybridized carbons (Fsp3) is 0.353. The van der Waals surface area contributed by atoms with Gasteiger partial charge in [-0.25, -0.2) is 4.79 Å². The standard InChI is InChI=1S/C34H36Cl2N4O3/c1-34(2)14-13-23(27(20-34)22-7-9-24(35)10-8-22)21-39-15-17-40(18-16-39)25-11-12-26(33(41)42-3)30(19-25)43-29-6-4-5-28-31(29)32(36)38-37-28/h4-12,19H,13-18,20-21H2,1-3H3,(H,37,38). The summed E-state index contributed by atoms with van der Waals surface area (Å²) in [4.78, 5) is 17.5. The summed E-state index contributed by atoms with van der Waals surface area (Å²) in [7, 11) is 1.37. The number of ether oxygens (including phenoxy) is 2. The number of rotatable bonds is 7. The van der Waals surface area contributed by atoms with Crippen LogP contribution < -0.4 is 9.64 Å². The van der Waals surface area contributed by atoms with E-state index in [2.05, 4.69) is 46.0 Å². The summed E-state index contributed by atoms with van der Waals surface area (Å²) in [5.74, 6) is 0.472. The predicted octanol–water partition coefficient (Wildman–Crippen LogP) is 8.23. The number of halogens is 2. The molecule has 4 aromatic rings. The van der Waals surface area contributed by atoms with E-state index in [9.17, 15) is 4.79 Å². The first-order valence-corrected chi connectivity index (χ1v) is 15.4. The number of fused-ring (bicyclic) bond motifs is 1. The van der Waals surface area contributed by atoms with Crippen LogP contribution in [0.25, 0.3) is 16.5 Å². The number of piperazine rings is 1. The van der Waals surface area contributed by atoms with E-state index in [1.165, 1.54) is 24.7 Å². The molecule has 2 aliphatic rings. The van der Waals surface area contributed by atoms with Crippen molar-refractivity contribution in [2.75, 3.05) is 44.7 Å². The number of aromatic amines is 1. The van der Waals surface area contributed by atoms with E-state index in [0.717, 1.165) is 56.3 Å². The van der Waals surface area contributed by atoms with E-state index in [1.54, 1.807) is 11.6 Å².